The fourth-order valence-corrected chi connectivity index (χ4v) is 14.6. The lowest BCUT2D eigenvalue weighted by molar-refractivity contribution is -0.351. The molecule has 1 unspecified atom stereocenters. The molecule has 0 aromatic carbocycles. The summed E-state index contributed by atoms with van der Waals surface area (Å²) in [4.78, 5) is 12.9. The summed E-state index contributed by atoms with van der Waals surface area (Å²) in [7, 11) is 0. The van der Waals surface area contributed by atoms with Gasteiger partial charge in [-0.2, -0.15) is 0 Å². The number of hydrogen-bond donors (Lipinski definition) is 5. The van der Waals surface area contributed by atoms with Gasteiger partial charge in [-0.1, -0.05) is 34.6 Å². The number of rotatable bonds is 3. The number of hydrogen-bond acceptors (Lipinski definition) is 12. The van der Waals surface area contributed by atoms with Gasteiger partial charge < -0.3 is 54.0 Å². The fourth-order valence-electron chi connectivity index (χ4n) is 14.6. The minimum atomic E-state index is -1.34. The number of carbonyl (C=O) groups is 1. The zero-order chi connectivity index (χ0) is 35.1. The Morgan fingerprint density at radius 1 is 0.816 bits per heavy atom. The van der Waals surface area contributed by atoms with Crippen molar-refractivity contribution in [3.05, 3.63) is 0 Å². The van der Waals surface area contributed by atoms with Crippen molar-refractivity contribution in [1.29, 1.82) is 0 Å². The van der Waals surface area contributed by atoms with Gasteiger partial charge in [-0.05, 0) is 79.4 Å². The number of ether oxygens (including phenoxy) is 6. The molecule has 5 N–H and O–H groups in total. The molecule has 0 amide bonds. The Hall–Kier alpha value is -0.930. The molecular formula is C37H56O12. The molecule has 276 valence electrons. The Morgan fingerprint density at radius 2 is 1.53 bits per heavy atom. The van der Waals surface area contributed by atoms with Crippen LogP contribution in [0.2, 0.25) is 0 Å². The molecule has 0 bridgehead atoms. The maximum atomic E-state index is 12.9. The van der Waals surface area contributed by atoms with E-state index in [1.165, 1.54) is 6.92 Å². The summed E-state index contributed by atoms with van der Waals surface area (Å²) in [5, 5.41) is 54.4. The molecule has 4 heterocycles. The summed E-state index contributed by atoms with van der Waals surface area (Å²) in [6, 6.07) is 0. The largest absolute Gasteiger partial charge is 0.462 e. The van der Waals surface area contributed by atoms with Crippen LogP contribution in [-0.4, -0.2) is 111 Å². The SMILES string of the molecule is CC(=O)O[C@@H]1C[C@@]23C[C@@]24CC[C@H](O[C@@H]2OC[C@@H](O)[C@H](O)[C@H]2O)C(C)(C)[C@@H]4CC[C@H]3[C@]2(C)[C@@H](O)[C@@H]3O[C@]4(C[C@@H](C)[C@@H]3[C@@]12C)OC(O)[C@@]1(C)O[C@@H]41. The van der Waals surface area contributed by atoms with E-state index < -0.39 is 77.5 Å². The average molecular weight is 693 g/mol. The third-order valence-corrected chi connectivity index (χ3v) is 16.9. The van der Waals surface area contributed by atoms with Crippen LogP contribution in [0.3, 0.4) is 0 Å². The third-order valence-electron chi connectivity index (χ3n) is 16.9. The zero-order valence-corrected chi connectivity index (χ0v) is 29.8. The lowest BCUT2D eigenvalue weighted by atomic mass is 9.40. The van der Waals surface area contributed by atoms with E-state index in [9.17, 15) is 30.3 Å². The normalized spacial score (nSPS) is 63.8. The number of fused-ring (bicyclic) bond motifs is 6. The highest BCUT2D eigenvalue weighted by molar-refractivity contribution is 5.66. The summed E-state index contributed by atoms with van der Waals surface area (Å²) in [6.45, 7) is 14.4. The maximum Gasteiger partial charge on any atom is 0.302 e. The van der Waals surface area contributed by atoms with Crippen molar-refractivity contribution >= 4 is 5.97 Å². The summed E-state index contributed by atoms with van der Waals surface area (Å²) in [5.74, 6) is -1.05. The smallest absolute Gasteiger partial charge is 0.302 e. The number of aliphatic hydroxyl groups excluding tert-OH is 5. The Kier molecular flexibility index (Phi) is 6.90. The van der Waals surface area contributed by atoms with Gasteiger partial charge in [-0.3, -0.25) is 4.79 Å². The monoisotopic (exact) mass is 692 g/mol. The van der Waals surface area contributed by atoms with Crippen LogP contribution in [0.15, 0.2) is 0 Å². The minimum absolute atomic E-state index is 0.0206. The topological polar surface area (TPSA) is 177 Å². The first-order valence-electron chi connectivity index (χ1n) is 18.7. The first kappa shape index (κ1) is 33.9. The average Bonchev–Trinajstić information content (AvgIpc) is 3.88. The van der Waals surface area contributed by atoms with E-state index in [0.717, 1.165) is 38.5 Å². The van der Waals surface area contributed by atoms with Crippen LogP contribution in [-0.2, 0) is 33.2 Å². The van der Waals surface area contributed by atoms with Gasteiger partial charge >= 0.3 is 5.97 Å². The first-order valence-corrected chi connectivity index (χ1v) is 18.7. The molecule has 5 saturated carbocycles. The van der Waals surface area contributed by atoms with Crippen molar-refractivity contribution in [3.63, 3.8) is 0 Å². The van der Waals surface area contributed by atoms with Crippen LogP contribution in [0.4, 0.5) is 0 Å². The van der Waals surface area contributed by atoms with E-state index in [1.807, 2.05) is 6.92 Å². The second kappa shape index (κ2) is 9.98. The van der Waals surface area contributed by atoms with E-state index in [0.29, 0.717) is 6.42 Å². The Balaban J connectivity index is 1.05. The number of aliphatic hydroxyl groups is 5. The Labute approximate surface area is 288 Å². The van der Waals surface area contributed by atoms with Gasteiger partial charge in [0.2, 0.25) is 5.79 Å². The Bertz CT molecular complexity index is 1430. The second-order valence-corrected chi connectivity index (χ2v) is 19.0. The molecule has 12 heteroatoms. The van der Waals surface area contributed by atoms with Crippen LogP contribution in [0.5, 0.6) is 0 Å². The lowest BCUT2D eigenvalue weighted by Crippen LogP contribution is -2.65. The Morgan fingerprint density at radius 3 is 2.18 bits per heavy atom. The molecular weight excluding hydrogens is 636 g/mol. The highest BCUT2D eigenvalue weighted by Crippen LogP contribution is 2.89. The van der Waals surface area contributed by atoms with Crippen molar-refractivity contribution < 1.29 is 58.7 Å². The number of esters is 1. The highest BCUT2D eigenvalue weighted by Gasteiger charge is 2.88. The molecule has 0 radical (unpaired) electrons. The molecule has 0 aromatic heterocycles. The van der Waals surface area contributed by atoms with Crippen LogP contribution in [0.1, 0.15) is 93.4 Å². The summed E-state index contributed by atoms with van der Waals surface area (Å²) in [5.41, 5.74) is -2.46. The minimum Gasteiger partial charge on any atom is -0.462 e. The fraction of sp³-hybridized carbons (Fsp3) is 0.973. The van der Waals surface area contributed by atoms with Gasteiger partial charge in [0.25, 0.3) is 0 Å². The van der Waals surface area contributed by atoms with Crippen molar-refractivity contribution in [2.24, 2.45) is 50.7 Å². The highest BCUT2D eigenvalue weighted by atomic mass is 16.8. The van der Waals surface area contributed by atoms with Gasteiger partial charge in [0.15, 0.2) is 12.6 Å². The van der Waals surface area contributed by atoms with Gasteiger partial charge in [0.05, 0.1) is 24.9 Å². The molecule has 9 aliphatic rings. The molecule has 20 atom stereocenters. The summed E-state index contributed by atoms with van der Waals surface area (Å²) < 4.78 is 37.6. The molecule has 12 nitrogen and oxygen atoms in total. The quantitative estimate of drug-likeness (QED) is 0.166. The third kappa shape index (κ3) is 3.83. The van der Waals surface area contributed by atoms with Crippen molar-refractivity contribution in [2.75, 3.05) is 6.61 Å². The molecule has 4 saturated heterocycles. The maximum absolute atomic E-state index is 12.9. The van der Waals surface area contributed by atoms with E-state index in [1.54, 1.807) is 0 Å². The molecule has 9 rings (SSSR count). The van der Waals surface area contributed by atoms with Crippen LogP contribution >= 0.6 is 0 Å². The molecule has 0 aromatic rings. The molecule has 3 spiro atoms. The summed E-state index contributed by atoms with van der Waals surface area (Å²) >= 11 is 0. The van der Waals surface area contributed by atoms with Crippen LogP contribution in [0.25, 0.3) is 0 Å². The van der Waals surface area contributed by atoms with E-state index in [4.69, 9.17) is 28.4 Å². The lowest BCUT2D eigenvalue weighted by Gasteiger charge is -2.65. The van der Waals surface area contributed by atoms with Gasteiger partial charge in [0, 0.05) is 30.1 Å². The molecule has 5 aliphatic carbocycles. The summed E-state index contributed by atoms with van der Waals surface area (Å²) in [6.07, 6.45) is -2.66. The van der Waals surface area contributed by atoms with Gasteiger partial charge in [-0.25, -0.2) is 0 Å². The van der Waals surface area contributed by atoms with Crippen LogP contribution in [0, 0.1) is 50.7 Å². The van der Waals surface area contributed by atoms with Crippen molar-refractivity contribution in [1.82, 2.24) is 0 Å². The van der Waals surface area contributed by atoms with E-state index >= 15 is 0 Å². The van der Waals surface area contributed by atoms with Gasteiger partial charge in [-0.15, -0.1) is 0 Å². The number of epoxide rings is 1. The van der Waals surface area contributed by atoms with Crippen molar-refractivity contribution in [2.45, 2.75) is 166 Å². The van der Waals surface area contributed by atoms with Crippen LogP contribution < -0.4 is 0 Å². The second-order valence-electron chi connectivity index (χ2n) is 19.0. The standard InChI is InChI=1S/C37H56O12/c1-16-12-37(29-34(7,48-29)30(43)49-37)47-26-23(16)33(6)22(45-17(2)38)13-36-15-35(36)11-10-21(46-28-25(41)24(40)18(39)14-44-28)31(3,4)19(35)8-9-20(36)32(33,5)27(26)42/h16,18-30,39-43H,8-15H2,1-7H3/t16-,18-,19+,20+,21+,22-,23+,24+,25-,26-,27+,28+,29-,30?,32-,33-,34+,35-,36+,37-/m1/s1. The molecule has 49 heavy (non-hydrogen) atoms. The molecule has 4 aliphatic heterocycles. The van der Waals surface area contributed by atoms with E-state index in [-0.39, 0.29) is 58.6 Å². The van der Waals surface area contributed by atoms with Crippen molar-refractivity contribution in [3.8, 4) is 0 Å². The number of carbonyl (C=O) groups excluding carboxylic acids is 1. The zero-order valence-electron chi connectivity index (χ0n) is 29.8. The van der Waals surface area contributed by atoms with E-state index in [2.05, 4.69) is 34.6 Å². The van der Waals surface area contributed by atoms with Gasteiger partial charge in [0.1, 0.15) is 36.1 Å². The first-order chi connectivity index (χ1) is 22.8. The molecule has 9 fully saturated rings. The predicted molar refractivity (Wildman–Crippen MR) is 169 cm³/mol. The predicted octanol–water partition coefficient (Wildman–Crippen LogP) is 2.00.